The maximum Gasteiger partial charge on any atom is 0.326 e. The smallest absolute Gasteiger partial charge is 0.326 e. The largest absolute Gasteiger partial charge is 0.468 e. The Balaban J connectivity index is 2.33. The number of carbonyl (C=O) groups excluding carboxylic acids is 1. The third-order valence-electron chi connectivity index (χ3n) is 3.66. The van der Waals surface area contributed by atoms with Gasteiger partial charge in [0.2, 0.25) is 0 Å². The Bertz CT molecular complexity index is 657. The number of ether oxygens (including phenoxy) is 1. The van der Waals surface area contributed by atoms with Crippen LogP contribution in [0.1, 0.15) is 16.7 Å². The molecule has 0 heterocycles. The second-order valence-electron chi connectivity index (χ2n) is 5.58. The number of benzene rings is 2. The molecule has 2 N–H and O–H groups in total. The highest BCUT2D eigenvalue weighted by Crippen LogP contribution is 2.23. The van der Waals surface area contributed by atoms with Gasteiger partial charge in [-0.1, -0.05) is 48.0 Å². The van der Waals surface area contributed by atoms with Gasteiger partial charge in [0.15, 0.2) is 0 Å². The Morgan fingerprint density at radius 2 is 1.86 bits per heavy atom. The molecule has 0 aliphatic heterocycles. The minimum atomic E-state index is -1.07. The fourth-order valence-electron chi connectivity index (χ4n) is 2.55. The highest BCUT2D eigenvalue weighted by molar-refractivity contribution is 14.1. The number of hydrogen-bond donors (Lipinski definition) is 1. The summed E-state index contributed by atoms with van der Waals surface area (Å²) in [5.74, 6) is -0.381. The number of carbonyl (C=O) groups is 1. The first-order chi connectivity index (χ1) is 10.4. The minimum Gasteiger partial charge on any atom is -0.468 e. The SMILES string of the molecule is COC(=O)[C@@](N)(Cc1ccccc1)Cc1cc(C)ccc1I. The van der Waals surface area contributed by atoms with Crippen LogP contribution in [0.25, 0.3) is 0 Å². The van der Waals surface area contributed by atoms with Gasteiger partial charge in [0.1, 0.15) is 5.54 Å². The Labute approximate surface area is 145 Å². The fourth-order valence-corrected chi connectivity index (χ4v) is 3.08. The molecule has 0 amide bonds. The molecule has 116 valence electrons. The molecule has 1 atom stereocenters. The molecule has 0 saturated carbocycles. The molecule has 0 spiro atoms. The monoisotopic (exact) mass is 409 g/mol. The van der Waals surface area contributed by atoms with Crippen molar-refractivity contribution >= 4 is 28.6 Å². The molecular formula is C18H20INO2. The van der Waals surface area contributed by atoms with Gasteiger partial charge in [-0.3, -0.25) is 4.79 Å². The Morgan fingerprint density at radius 1 is 1.18 bits per heavy atom. The van der Waals surface area contributed by atoms with E-state index in [4.69, 9.17) is 10.5 Å². The normalized spacial score (nSPS) is 13.5. The lowest BCUT2D eigenvalue weighted by Crippen LogP contribution is -2.52. The topological polar surface area (TPSA) is 52.3 Å². The van der Waals surface area contributed by atoms with E-state index in [9.17, 15) is 4.79 Å². The van der Waals surface area contributed by atoms with Crippen molar-refractivity contribution in [2.45, 2.75) is 25.3 Å². The number of rotatable bonds is 5. The molecule has 22 heavy (non-hydrogen) atoms. The van der Waals surface area contributed by atoms with Crippen molar-refractivity contribution in [1.29, 1.82) is 0 Å². The average molecular weight is 409 g/mol. The third kappa shape index (κ3) is 4.08. The molecule has 2 rings (SSSR count). The molecule has 0 aromatic heterocycles. The van der Waals surface area contributed by atoms with Crippen molar-refractivity contribution in [3.05, 3.63) is 68.8 Å². The van der Waals surface area contributed by atoms with Gasteiger partial charge < -0.3 is 10.5 Å². The number of methoxy groups -OCH3 is 1. The first-order valence-corrected chi connectivity index (χ1v) is 8.19. The molecule has 3 nitrogen and oxygen atoms in total. The highest BCUT2D eigenvalue weighted by atomic mass is 127. The van der Waals surface area contributed by atoms with Crippen LogP contribution in [0.2, 0.25) is 0 Å². The lowest BCUT2D eigenvalue weighted by Gasteiger charge is -2.27. The van der Waals surface area contributed by atoms with E-state index in [1.807, 2.05) is 43.3 Å². The van der Waals surface area contributed by atoms with E-state index < -0.39 is 5.54 Å². The Kier molecular flexibility index (Phi) is 5.58. The molecule has 0 radical (unpaired) electrons. The summed E-state index contributed by atoms with van der Waals surface area (Å²) in [5.41, 5.74) is 8.65. The fraction of sp³-hybridized carbons (Fsp3) is 0.278. The standard InChI is InChI=1S/C18H20INO2/c1-13-8-9-16(19)15(10-13)12-18(20,17(21)22-2)11-14-6-4-3-5-7-14/h3-10H,11-12,20H2,1-2H3/t18-/m1/s1. The van der Waals surface area contributed by atoms with Crippen LogP contribution >= 0.6 is 22.6 Å². The zero-order chi connectivity index (χ0) is 16.2. The van der Waals surface area contributed by atoms with E-state index in [0.717, 1.165) is 20.3 Å². The third-order valence-corrected chi connectivity index (χ3v) is 4.71. The molecule has 0 bridgehead atoms. The highest BCUT2D eigenvalue weighted by Gasteiger charge is 2.36. The maximum absolute atomic E-state index is 12.3. The van der Waals surface area contributed by atoms with Crippen LogP contribution in [0.5, 0.6) is 0 Å². The summed E-state index contributed by atoms with van der Waals surface area (Å²) in [4.78, 5) is 12.3. The van der Waals surface area contributed by atoms with Crippen LogP contribution in [0.3, 0.4) is 0 Å². The Morgan fingerprint density at radius 3 is 2.50 bits per heavy atom. The molecule has 2 aromatic carbocycles. The summed E-state index contributed by atoms with van der Waals surface area (Å²) in [6, 6.07) is 16.0. The van der Waals surface area contributed by atoms with E-state index in [2.05, 4.69) is 34.7 Å². The van der Waals surface area contributed by atoms with E-state index in [1.165, 1.54) is 7.11 Å². The molecule has 4 heteroatoms. The van der Waals surface area contributed by atoms with Crippen molar-refractivity contribution in [3.8, 4) is 0 Å². The lowest BCUT2D eigenvalue weighted by molar-refractivity contribution is -0.147. The first kappa shape index (κ1) is 17.0. The van der Waals surface area contributed by atoms with E-state index in [-0.39, 0.29) is 5.97 Å². The number of hydrogen-bond acceptors (Lipinski definition) is 3. The molecule has 0 aliphatic rings. The van der Waals surface area contributed by atoms with Gasteiger partial charge in [-0.15, -0.1) is 0 Å². The van der Waals surface area contributed by atoms with Crippen LogP contribution in [-0.2, 0) is 22.4 Å². The summed E-state index contributed by atoms with van der Waals surface area (Å²) in [5, 5.41) is 0. The summed E-state index contributed by atoms with van der Waals surface area (Å²) < 4.78 is 6.07. The summed E-state index contributed by atoms with van der Waals surface area (Å²) >= 11 is 2.28. The summed E-state index contributed by atoms with van der Waals surface area (Å²) in [7, 11) is 1.39. The van der Waals surface area contributed by atoms with Gasteiger partial charge in [-0.25, -0.2) is 0 Å². The quantitative estimate of drug-likeness (QED) is 0.610. The first-order valence-electron chi connectivity index (χ1n) is 7.11. The molecule has 0 fully saturated rings. The van der Waals surface area contributed by atoms with Crippen molar-refractivity contribution in [3.63, 3.8) is 0 Å². The van der Waals surface area contributed by atoms with E-state index in [0.29, 0.717) is 12.8 Å². The number of halogens is 1. The van der Waals surface area contributed by atoms with Crippen molar-refractivity contribution < 1.29 is 9.53 Å². The van der Waals surface area contributed by atoms with Crippen LogP contribution in [0.4, 0.5) is 0 Å². The van der Waals surface area contributed by atoms with Crippen molar-refractivity contribution in [1.82, 2.24) is 0 Å². The molecule has 0 aliphatic carbocycles. The lowest BCUT2D eigenvalue weighted by atomic mass is 9.85. The van der Waals surface area contributed by atoms with Crippen LogP contribution in [0.15, 0.2) is 48.5 Å². The van der Waals surface area contributed by atoms with Crippen molar-refractivity contribution in [2.24, 2.45) is 5.73 Å². The van der Waals surface area contributed by atoms with Crippen LogP contribution < -0.4 is 5.73 Å². The van der Waals surface area contributed by atoms with Gasteiger partial charge in [0, 0.05) is 16.4 Å². The zero-order valence-corrected chi connectivity index (χ0v) is 15.0. The number of nitrogens with two attached hydrogens (primary N) is 1. The molecular weight excluding hydrogens is 389 g/mol. The maximum atomic E-state index is 12.3. The zero-order valence-electron chi connectivity index (χ0n) is 12.8. The van der Waals surface area contributed by atoms with Gasteiger partial charge in [-0.05, 0) is 46.7 Å². The minimum absolute atomic E-state index is 0.381. The van der Waals surface area contributed by atoms with Gasteiger partial charge >= 0.3 is 5.97 Å². The predicted molar refractivity (Wildman–Crippen MR) is 96.7 cm³/mol. The van der Waals surface area contributed by atoms with Crippen LogP contribution in [0, 0.1) is 10.5 Å². The van der Waals surface area contributed by atoms with Crippen molar-refractivity contribution in [2.75, 3.05) is 7.11 Å². The Hall–Kier alpha value is -1.40. The summed E-state index contributed by atoms with van der Waals surface area (Å²) in [6.07, 6.45) is 0.902. The van der Waals surface area contributed by atoms with Gasteiger partial charge in [0.25, 0.3) is 0 Å². The average Bonchev–Trinajstić information content (AvgIpc) is 2.51. The molecule has 0 unspecified atom stereocenters. The number of esters is 1. The molecule has 0 saturated heterocycles. The second kappa shape index (κ2) is 7.24. The predicted octanol–water partition coefficient (Wildman–Crippen LogP) is 3.26. The van der Waals surface area contributed by atoms with E-state index >= 15 is 0 Å². The second-order valence-corrected chi connectivity index (χ2v) is 6.74. The number of aryl methyl sites for hydroxylation is 1. The van der Waals surface area contributed by atoms with Gasteiger partial charge in [0.05, 0.1) is 7.11 Å². The van der Waals surface area contributed by atoms with Crippen LogP contribution in [-0.4, -0.2) is 18.6 Å². The van der Waals surface area contributed by atoms with E-state index in [1.54, 1.807) is 0 Å². The summed E-state index contributed by atoms with van der Waals surface area (Å²) in [6.45, 7) is 2.03. The van der Waals surface area contributed by atoms with Gasteiger partial charge in [-0.2, -0.15) is 0 Å². The molecule has 2 aromatic rings.